The number of carbonyl (C=O) groups excluding carboxylic acids is 1. The van der Waals surface area contributed by atoms with Gasteiger partial charge in [0.05, 0.1) is 18.3 Å². The van der Waals surface area contributed by atoms with Crippen molar-refractivity contribution in [3.05, 3.63) is 59.4 Å². The third-order valence-corrected chi connectivity index (χ3v) is 3.93. The van der Waals surface area contributed by atoms with Gasteiger partial charge in [-0.1, -0.05) is 6.07 Å². The van der Waals surface area contributed by atoms with Gasteiger partial charge in [-0.25, -0.2) is 4.79 Å². The molecule has 7 heteroatoms. The van der Waals surface area contributed by atoms with E-state index in [1.807, 2.05) is 0 Å². The Balaban J connectivity index is 2.20. The first-order valence-electron chi connectivity index (χ1n) is 7.42. The van der Waals surface area contributed by atoms with E-state index in [0.29, 0.717) is 33.8 Å². The number of rotatable bonds is 4. The van der Waals surface area contributed by atoms with E-state index in [2.05, 4.69) is 0 Å². The number of carboxylic acid groups (broad SMARTS) is 1. The van der Waals surface area contributed by atoms with E-state index < -0.39 is 6.16 Å². The monoisotopic (exact) mass is 340 g/mol. The molecule has 0 aliphatic carbocycles. The highest BCUT2D eigenvalue weighted by atomic mass is 16.7. The van der Waals surface area contributed by atoms with Crippen molar-refractivity contribution in [1.29, 1.82) is 0 Å². The highest BCUT2D eigenvalue weighted by Gasteiger charge is 2.24. The van der Waals surface area contributed by atoms with Crippen LogP contribution in [0.5, 0.6) is 11.5 Å². The number of hydrogen-bond acceptors (Lipinski definition) is 5. The Bertz CT molecular complexity index is 991. The standard InChI is InChI=1S/C18H16N2O5/c1-10-15(16(21)11-6-7-12(19)14(9-11)24-2)20-8-4-3-5-13(20)17(10)25-18(22)23/h3-9H,19H2,1-2H3,(H,22,23). The van der Waals surface area contributed by atoms with Crippen molar-refractivity contribution in [2.75, 3.05) is 12.8 Å². The van der Waals surface area contributed by atoms with Crippen LogP contribution in [0.4, 0.5) is 10.5 Å². The molecule has 2 aromatic heterocycles. The molecule has 0 bridgehead atoms. The lowest BCUT2D eigenvalue weighted by Crippen LogP contribution is -2.08. The van der Waals surface area contributed by atoms with Crippen molar-refractivity contribution in [2.24, 2.45) is 0 Å². The highest BCUT2D eigenvalue weighted by Crippen LogP contribution is 2.33. The lowest BCUT2D eigenvalue weighted by molar-refractivity contribution is 0.103. The Morgan fingerprint density at radius 1 is 1.20 bits per heavy atom. The molecule has 0 fully saturated rings. The maximum Gasteiger partial charge on any atom is 0.511 e. The molecular formula is C18H16N2O5. The van der Waals surface area contributed by atoms with Crippen LogP contribution in [0, 0.1) is 6.92 Å². The second-order valence-corrected chi connectivity index (χ2v) is 5.41. The first-order chi connectivity index (χ1) is 11.9. The number of fused-ring (bicyclic) bond motifs is 1. The fourth-order valence-electron chi connectivity index (χ4n) is 2.79. The zero-order chi connectivity index (χ0) is 18.1. The lowest BCUT2D eigenvalue weighted by atomic mass is 10.0. The van der Waals surface area contributed by atoms with Crippen LogP contribution in [0.3, 0.4) is 0 Å². The first-order valence-corrected chi connectivity index (χ1v) is 7.42. The minimum absolute atomic E-state index is 0.138. The van der Waals surface area contributed by atoms with Crippen molar-refractivity contribution >= 4 is 23.1 Å². The summed E-state index contributed by atoms with van der Waals surface area (Å²) in [5.74, 6) is 0.238. The van der Waals surface area contributed by atoms with Gasteiger partial charge in [0.2, 0.25) is 5.78 Å². The number of carbonyl (C=O) groups is 2. The molecule has 1 aromatic carbocycles. The van der Waals surface area contributed by atoms with E-state index in [1.54, 1.807) is 53.9 Å². The van der Waals surface area contributed by atoms with E-state index in [1.165, 1.54) is 7.11 Å². The zero-order valence-electron chi connectivity index (χ0n) is 13.6. The minimum atomic E-state index is -1.44. The van der Waals surface area contributed by atoms with Crippen LogP contribution < -0.4 is 15.2 Å². The Hall–Kier alpha value is -3.48. The van der Waals surface area contributed by atoms with Gasteiger partial charge in [0.25, 0.3) is 0 Å². The van der Waals surface area contributed by atoms with E-state index in [-0.39, 0.29) is 11.5 Å². The van der Waals surface area contributed by atoms with Crippen LogP contribution in [0.1, 0.15) is 21.6 Å². The molecule has 3 rings (SSSR count). The van der Waals surface area contributed by atoms with Crippen LogP contribution in [-0.2, 0) is 0 Å². The molecular weight excluding hydrogens is 324 g/mol. The van der Waals surface area contributed by atoms with Gasteiger partial charge >= 0.3 is 6.16 Å². The number of ketones is 1. The van der Waals surface area contributed by atoms with Gasteiger partial charge in [-0.05, 0) is 37.3 Å². The van der Waals surface area contributed by atoms with E-state index in [9.17, 15) is 9.59 Å². The lowest BCUT2D eigenvalue weighted by Gasteiger charge is -2.08. The summed E-state index contributed by atoms with van der Waals surface area (Å²) in [7, 11) is 1.47. The van der Waals surface area contributed by atoms with E-state index in [4.69, 9.17) is 20.3 Å². The van der Waals surface area contributed by atoms with Crippen molar-refractivity contribution < 1.29 is 24.2 Å². The van der Waals surface area contributed by atoms with Gasteiger partial charge in [0.15, 0.2) is 5.75 Å². The Morgan fingerprint density at radius 2 is 1.96 bits per heavy atom. The predicted molar refractivity (Wildman–Crippen MR) is 91.6 cm³/mol. The number of ether oxygens (including phenoxy) is 2. The molecule has 7 nitrogen and oxygen atoms in total. The van der Waals surface area contributed by atoms with Gasteiger partial charge in [-0.15, -0.1) is 0 Å². The molecule has 25 heavy (non-hydrogen) atoms. The number of pyridine rings is 1. The van der Waals surface area contributed by atoms with Crippen LogP contribution in [0.25, 0.3) is 5.52 Å². The van der Waals surface area contributed by atoms with Crippen LogP contribution >= 0.6 is 0 Å². The van der Waals surface area contributed by atoms with Crippen LogP contribution in [0.2, 0.25) is 0 Å². The number of benzene rings is 1. The summed E-state index contributed by atoms with van der Waals surface area (Å²) >= 11 is 0. The molecule has 0 aliphatic heterocycles. The minimum Gasteiger partial charge on any atom is -0.495 e. The van der Waals surface area contributed by atoms with E-state index >= 15 is 0 Å². The zero-order valence-corrected chi connectivity index (χ0v) is 13.6. The average Bonchev–Trinajstić information content (AvgIpc) is 2.86. The topological polar surface area (TPSA) is 103 Å². The van der Waals surface area contributed by atoms with Gasteiger partial charge in [-0.3, -0.25) is 4.79 Å². The Kier molecular flexibility index (Phi) is 4.06. The normalized spacial score (nSPS) is 10.6. The average molecular weight is 340 g/mol. The molecule has 2 heterocycles. The molecule has 3 aromatic rings. The number of hydrogen-bond donors (Lipinski definition) is 2. The largest absolute Gasteiger partial charge is 0.511 e. The van der Waals surface area contributed by atoms with Gasteiger partial charge < -0.3 is 24.7 Å². The summed E-state index contributed by atoms with van der Waals surface area (Å²) in [6.07, 6.45) is 0.242. The van der Waals surface area contributed by atoms with Crippen molar-refractivity contribution in [3.63, 3.8) is 0 Å². The Morgan fingerprint density at radius 3 is 2.64 bits per heavy atom. The van der Waals surface area contributed by atoms with Gasteiger partial charge in [0.1, 0.15) is 11.4 Å². The molecule has 0 aliphatic rings. The summed E-state index contributed by atoms with van der Waals surface area (Å²) < 4.78 is 11.7. The van der Waals surface area contributed by atoms with Crippen molar-refractivity contribution in [3.8, 4) is 11.5 Å². The highest BCUT2D eigenvalue weighted by molar-refractivity contribution is 6.11. The van der Waals surface area contributed by atoms with Crippen molar-refractivity contribution in [2.45, 2.75) is 6.92 Å². The number of nitrogen functional groups attached to an aromatic ring is 1. The fourth-order valence-corrected chi connectivity index (χ4v) is 2.79. The summed E-state index contributed by atoms with van der Waals surface area (Å²) in [6.45, 7) is 1.65. The second kappa shape index (κ2) is 6.20. The molecule has 128 valence electrons. The van der Waals surface area contributed by atoms with E-state index in [0.717, 1.165) is 0 Å². The maximum absolute atomic E-state index is 13.0. The summed E-state index contributed by atoms with van der Waals surface area (Å²) in [4.78, 5) is 24.0. The third-order valence-electron chi connectivity index (χ3n) is 3.93. The number of anilines is 1. The third kappa shape index (κ3) is 2.76. The van der Waals surface area contributed by atoms with Crippen LogP contribution in [-0.4, -0.2) is 28.6 Å². The molecule has 0 atom stereocenters. The molecule has 0 radical (unpaired) electrons. The molecule has 3 N–H and O–H groups in total. The van der Waals surface area contributed by atoms with Gasteiger partial charge in [0, 0.05) is 17.3 Å². The number of nitrogens with two attached hydrogens (primary N) is 1. The molecule has 0 spiro atoms. The quantitative estimate of drug-likeness (QED) is 0.430. The van der Waals surface area contributed by atoms with Crippen LogP contribution in [0.15, 0.2) is 42.6 Å². The molecule has 0 amide bonds. The van der Waals surface area contributed by atoms with Crippen molar-refractivity contribution in [1.82, 2.24) is 4.40 Å². The smallest absolute Gasteiger partial charge is 0.495 e. The Labute approximate surface area is 143 Å². The molecule has 0 unspecified atom stereocenters. The number of nitrogens with zero attached hydrogens (tertiary/aromatic N) is 1. The van der Waals surface area contributed by atoms with Gasteiger partial charge in [-0.2, -0.15) is 0 Å². The summed E-state index contributed by atoms with van der Waals surface area (Å²) in [6, 6.07) is 9.91. The first kappa shape index (κ1) is 16.4. The fraction of sp³-hybridized carbons (Fsp3) is 0.111. The molecule has 0 saturated carbocycles. The SMILES string of the molecule is COc1cc(C(=O)c2c(C)c(OC(=O)O)c3ccccn23)ccc1N. The molecule has 0 saturated heterocycles. The summed E-state index contributed by atoms with van der Waals surface area (Å²) in [5.41, 5.74) is 7.84. The number of methoxy groups -OCH3 is 1. The number of aromatic nitrogens is 1. The summed E-state index contributed by atoms with van der Waals surface area (Å²) in [5, 5.41) is 8.97. The second-order valence-electron chi connectivity index (χ2n) is 5.41. The maximum atomic E-state index is 13.0. The predicted octanol–water partition coefficient (Wildman–Crippen LogP) is 3.13.